The van der Waals surface area contributed by atoms with Crippen molar-refractivity contribution < 1.29 is 9.72 Å². The van der Waals surface area contributed by atoms with E-state index in [1.165, 1.54) is 35.3 Å². The summed E-state index contributed by atoms with van der Waals surface area (Å²) < 4.78 is 1.70. The number of carbonyl (C=O) groups is 1. The van der Waals surface area contributed by atoms with Crippen LogP contribution in [0, 0.1) is 14.9 Å². The van der Waals surface area contributed by atoms with Gasteiger partial charge >= 0.3 is 0 Å². The lowest BCUT2D eigenvalue weighted by Gasteiger charge is -2.01. The highest BCUT2D eigenvalue weighted by molar-refractivity contribution is 7.71. The van der Waals surface area contributed by atoms with Gasteiger partial charge in [0.15, 0.2) is 5.78 Å². The van der Waals surface area contributed by atoms with Gasteiger partial charge in [-0.25, -0.2) is 4.98 Å². The molecule has 0 amide bonds. The second-order valence-electron chi connectivity index (χ2n) is 3.48. The Morgan fingerprint density at radius 2 is 2.11 bits per heavy atom. The average molecular weight is 264 g/mol. The van der Waals surface area contributed by atoms with Crippen molar-refractivity contribution in [1.82, 2.24) is 14.8 Å². The van der Waals surface area contributed by atoms with E-state index >= 15 is 0 Å². The summed E-state index contributed by atoms with van der Waals surface area (Å²) in [7, 11) is 0. The Morgan fingerprint density at radius 3 is 2.61 bits per heavy atom. The maximum Gasteiger partial charge on any atom is 0.269 e. The third-order valence-electron chi connectivity index (χ3n) is 2.32. The molecule has 0 saturated heterocycles. The minimum atomic E-state index is -0.515. The van der Waals surface area contributed by atoms with Crippen LogP contribution >= 0.6 is 12.2 Å². The number of aromatic nitrogens is 3. The summed E-state index contributed by atoms with van der Waals surface area (Å²) in [5.74, 6) is -0.203. The molecule has 2 aromatic rings. The lowest BCUT2D eigenvalue weighted by molar-refractivity contribution is -0.384. The molecular formula is C10H8N4O3S. The lowest BCUT2D eigenvalue weighted by Crippen LogP contribution is -2.11. The van der Waals surface area contributed by atoms with E-state index in [0.29, 0.717) is 5.56 Å². The second kappa shape index (κ2) is 4.88. The predicted molar refractivity (Wildman–Crippen MR) is 64.8 cm³/mol. The van der Waals surface area contributed by atoms with E-state index in [0.717, 1.165) is 0 Å². The number of H-pyrrole nitrogens is 1. The standard InChI is InChI=1S/C10H8N4O3S/c15-9(5-13-10(18)11-6-12-13)7-1-3-8(4-2-7)14(16)17/h1-4,6H,5H2,(H,11,12,18). The highest BCUT2D eigenvalue weighted by Crippen LogP contribution is 2.12. The molecule has 0 spiro atoms. The van der Waals surface area contributed by atoms with Crippen LogP contribution < -0.4 is 0 Å². The molecule has 8 heteroatoms. The van der Waals surface area contributed by atoms with Crippen LogP contribution in [-0.2, 0) is 6.54 Å². The Hall–Kier alpha value is -2.35. The zero-order valence-corrected chi connectivity index (χ0v) is 9.88. The Labute approximate surface area is 106 Å². The van der Waals surface area contributed by atoms with Gasteiger partial charge in [-0.15, -0.1) is 0 Å². The molecule has 1 heterocycles. The van der Waals surface area contributed by atoms with Crippen molar-refractivity contribution in [3.05, 3.63) is 51.0 Å². The quantitative estimate of drug-likeness (QED) is 0.393. The first-order valence-corrected chi connectivity index (χ1v) is 5.36. The second-order valence-corrected chi connectivity index (χ2v) is 3.85. The largest absolute Gasteiger partial charge is 0.292 e. The van der Waals surface area contributed by atoms with E-state index < -0.39 is 4.92 Å². The zero-order chi connectivity index (χ0) is 13.1. The highest BCUT2D eigenvalue weighted by atomic mass is 32.1. The van der Waals surface area contributed by atoms with Gasteiger partial charge < -0.3 is 0 Å². The summed E-state index contributed by atoms with van der Waals surface area (Å²) in [5, 5.41) is 13.2. The van der Waals surface area contributed by atoms with Gasteiger partial charge in [0.05, 0.1) is 4.92 Å². The molecule has 2 rings (SSSR count). The topological polar surface area (TPSA) is 93.8 Å². The number of Topliss-reactive ketones (excluding diaryl/α,β-unsaturated/α-hetero) is 1. The fraction of sp³-hybridized carbons (Fsp3) is 0.100. The molecule has 0 bridgehead atoms. The monoisotopic (exact) mass is 264 g/mol. The number of aromatic amines is 1. The van der Waals surface area contributed by atoms with Crippen LogP contribution in [0.4, 0.5) is 5.69 Å². The molecule has 0 fully saturated rings. The van der Waals surface area contributed by atoms with Crippen molar-refractivity contribution >= 4 is 23.7 Å². The maximum absolute atomic E-state index is 11.9. The van der Waals surface area contributed by atoms with E-state index in [1.807, 2.05) is 0 Å². The van der Waals surface area contributed by atoms with Gasteiger partial charge in [0.25, 0.3) is 5.69 Å². The molecule has 1 aromatic carbocycles. The number of nitro groups is 1. The number of hydrogen-bond acceptors (Lipinski definition) is 5. The van der Waals surface area contributed by atoms with Crippen molar-refractivity contribution in [2.45, 2.75) is 6.54 Å². The summed E-state index contributed by atoms with van der Waals surface area (Å²) in [6, 6.07) is 5.42. The fourth-order valence-electron chi connectivity index (χ4n) is 1.40. The number of nitrogens with zero attached hydrogens (tertiary/aromatic N) is 3. The SMILES string of the molecule is O=C(Cn1[nH]cnc1=S)c1ccc([N+](=O)[O-])cc1. The van der Waals surface area contributed by atoms with E-state index in [9.17, 15) is 14.9 Å². The Kier molecular flexibility index (Phi) is 3.28. The minimum Gasteiger partial charge on any atom is -0.292 e. The van der Waals surface area contributed by atoms with Gasteiger partial charge in [0.2, 0.25) is 4.77 Å². The third kappa shape index (κ3) is 2.48. The van der Waals surface area contributed by atoms with E-state index in [2.05, 4.69) is 10.1 Å². The molecule has 1 aromatic heterocycles. The minimum absolute atomic E-state index is 0.0244. The van der Waals surface area contributed by atoms with Crippen LogP contribution in [-0.4, -0.2) is 25.5 Å². The average Bonchev–Trinajstić information content (AvgIpc) is 2.75. The molecule has 0 radical (unpaired) electrons. The summed E-state index contributed by atoms with van der Waals surface area (Å²) in [6.07, 6.45) is 1.39. The maximum atomic E-state index is 11.9. The van der Waals surface area contributed by atoms with Gasteiger partial charge in [0, 0.05) is 17.7 Å². The molecule has 1 N–H and O–H groups in total. The molecule has 0 aliphatic carbocycles. The van der Waals surface area contributed by atoms with Gasteiger partial charge in [-0.1, -0.05) is 0 Å². The van der Waals surface area contributed by atoms with E-state index in [-0.39, 0.29) is 22.8 Å². The van der Waals surface area contributed by atoms with Crippen LogP contribution in [0.3, 0.4) is 0 Å². The van der Waals surface area contributed by atoms with Crippen molar-refractivity contribution in [3.8, 4) is 0 Å². The van der Waals surface area contributed by atoms with Gasteiger partial charge in [-0.2, -0.15) is 0 Å². The van der Waals surface area contributed by atoms with Crippen LogP contribution in [0.15, 0.2) is 30.6 Å². The smallest absolute Gasteiger partial charge is 0.269 e. The van der Waals surface area contributed by atoms with Crippen LogP contribution in [0.2, 0.25) is 0 Å². The molecule has 0 aliphatic heterocycles. The molecular weight excluding hydrogens is 256 g/mol. The van der Waals surface area contributed by atoms with Crippen molar-refractivity contribution in [3.63, 3.8) is 0 Å². The van der Waals surface area contributed by atoms with Crippen LogP contribution in [0.1, 0.15) is 10.4 Å². The van der Waals surface area contributed by atoms with Crippen molar-refractivity contribution in [2.75, 3.05) is 0 Å². The van der Waals surface area contributed by atoms with Crippen LogP contribution in [0.25, 0.3) is 0 Å². The number of nitro benzene ring substituents is 1. The first kappa shape index (κ1) is 12.1. The number of non-ortho nitro benzene ring substituents is 1. The molecule has 0 unspecified atom stereocenters. The van der Waals surface area contributed by atoms with E-state index in [4.69, 9.17) is 12.2 Å². The molecule has 7 nitrogen and oxygen atoms in total. The number of benzene rings is 1. The summed E-state index contributed by atoms with van der Waals surface area (Å²) in [4.78, 5) is 25.6. The van der Waals surface area contributed by atoms with Gasteiger partial charge in [-0.3, -0.25) is 24.7 Å². The number of nitrogens with one attached hydrogen (secondary N) is 1. The van der Waals surface area contributed by atoms with Crippen LogP contribution in [0.5, 0.6) is 0 Å². The summed E-state index contributed by atoms with van der Waals surface area (Å²) >= 11 is 4.89. The number of hydrogen-bond donors (Lipinski definition) is 1. The highest BCUT2D eigenvalue weighted by Gasteiger charge is 2.10. The molecule has 92 valence electrons. The van der Waals surface area contributed by atoms with Gasteiger partial charge in [0.1, 0.15) is 12.9 Å². The molecule has 18 heavy (non-hydrogen) atoms. The zero-order valence-electron chi connectivity index (χ0n) is 9.07. The fourth-order valence-corrected chi connectivity index (χ4v) is 1.57. The number of carbonyl (C=O) groups excluding carboxylic acids is 1. The van der Waals surface area contributed by atoms with Gasteiger partial charge in [-0.05, 0) is 24.4 Å². The normalized spacial score (nSPS) is 10.2. The summed E-state index contributed by atoms with van der Waals surface area (Å²) in [6.45, 7) is 0.0244. The van der Waals surface area contributed by atoms with Crippen molar-refractivity contribution in [1.29, 1.82) is 0 Å². The Morgan fingerprint density at radius 1 is 1.44 bits per heavy atom. The first-order valence-electron chi connectivity index (χ1n) is 4.96. The molecule has 0 saturated carbocycles. The summed E-state index contributed by atoms with van der Waals surface area (Å²) in [5.41, 5.74) is 0.335. The predicted octanol–water partition coefficient (Wildman–Crippen LogP) is 1.73. The molecule has 0 aliphatic rings. The number of ketones is 1. The lowest BCUT2D eigenvalue weighted by atomic mass is 10.1. The first-order chi connectivity index (χ1) is 8.58. The van der Waals surface area contributed by atoms with E-state index in [1.54, 1.807) is 0 Å². The Balaban J connectivity index is 2.17. The van der Waals surface area contributed by atoms with Crippen molar-refractivity contribution in [2.24, 2.45) is 0 Å². The number of rotatable bonds is 4. The molecule has 0 atom stereocenters. The Bertz CT molecular complexity index is 644. The third-order valence-corrected chi connectivity index (χ3v) is 2.65.